The number of hydrogen-bond donors (Lipinski definition) is 1. The number of nitrogens with zero attached hydrogens (tertiary/aromatic N) is 6. The van der Waals surface area contributed by atoms with Gasteiger partial charge in [0.15, 0.2) is 0 Å². The minimum Gasteiger partial charge on any atom is -0.396 e. The fourth-order valence-corrected chi connectivity index (χ4v) is 7.21. The maximum absolute atomic E-state index is 13.4. The SMILES string of the molecule is Cc1cc2c(cnn2-c2ccc(F)cc2)cc1C[C@@]12CN(S(=O)(=O)c3cnn(C)n3)C[C@@H]1[C@H]2CO. The van der Waals surface area contributed by atoms with Gasteiger partial charge in [-0.3, -0.25) is 0 Å². The van der Waals surface area contributed by atoms with Crippen LogP contribution in [0.3, 0.4) is 0 Å². The summed E-state index contributed by atoms with van der Waals surface area (Å²) in [6.07, 6.45) is 3.72. The minimum absolute atomic E-state index is 0.0352. The third-order valence-corrected chi connectivity index (χ3v) is 9.39. The molecule has 1 aliphatic carbocycles. The van der Waals surface area contributed by atoms with E-state index in [1.54, 1.807) is 30.1 Å². The molecular formula is C24H25FN6O3S. The second kappa shape index (κ2) is 7.67. The first kappa shape index (κ1) is 22.3. The molecule has 1 N–H and O–H groups in total. The third-order valence-electron chi connectivity index (χ3n) is 7.72. The van der Waals surface area contributed by atoms with Crippen molar-refractivity contribution in [1.29, 1.82) is 0 Å². The van der Waals surface area contributed by atoms with Crippen molar-refractivity contribution in [2.24, 2.45) is 24.3 Å². The number of fused-ring (bicyclic) bond motifs is 2. The fraction of sp³-hybridized carbons (Fsp3) is 0.375. The molecule has 9 nitrogen and oxygen atoms in total. The van der Waals surface area contributed by atoms with Crippen LogP contribution in [0.4, 0.5) is 4.39 Å². The van der Waals surface area contributed by atoms with Crippen molar-refractivity contribution < 1.29 is 17.9 Å². The Hall–Kier alpha value is -3.15. The van der Waals surface area contributed by atoms with E-state index in [2.05, 4.69) is 27.4 Å². The molecule has 0 spiro atoms. The molecule has 3 atom stereocenters. The summed E-state index contributed by atoms with van der Waals surface area (Å²) in [6.45, 7) is 2.78. The Morgan fingerprint density at radius 1 is 1.17 bits per heavy atom. The van der Waals surface area contributed by atoms with Gasteiger partial charge in [0, 0.05) is 32.1 Å². The lowest BCUT2D eigenvalue weighted by atomic mass is 9.90. The summed E-state index contributed by atoms with van der Waals surface area (Å²) in [4.78, 5) is 1.24. The lowest BCUT2D eigenvalue weighted by Crippen LogP contribution is -2.35. The van der Waals surface area contributed by atoms with Crippen molar-refractivity contribution in [2.75, 3.05) is 19.7 Å². The predicted molar refractivity (Wildman–Crippen MR) is 126 cm³/mol. The molecule has 2 fully saturated rings. The van der Waals surface area contributed by atoms with E-state index in [9.17, 15) is 17.9 Å². The standard InChI is InChI=1S/C24H25FN6O3S/c1-15-7-22-17(10-27-31(22)19-5-3-18(25)4-6-19)8-16(15)9-24-14-30(12-20(24)21(24)13-32)35(33,34)23-11-26-29(2)28-23/h3-8,10-11,20-21,32H,9,12-14H2,1-2H3/t20-,21-,24-/m1/s1. The van der Waals surface area contributed by atoms with Crippen molar-refractivity contribution in [3.8, 4) is 5.69 Å². The van der Waals surface area contributed by atoms with Gasteiger partial charge in [0.05, 0.1) is 23.6 Å². The normalized spacial score (nSPS) is 24.2. The van der Waals surface area contributed by atoms with Crippen LogP contribution in [0.25, 0.3) is 16.6 Å². The van der Waals surface area contributed by atoms with Crippen molar-refractivity contribution in [1.82, 2.24) is 29.1 Å². The minimum atomic E-state index is -3.74. The average Bonchev–Trinajstić information content (AvgIpc) is 3.28. The molecule has 35 heavy (non-hydrogen) atoms. The van der Waals surface area contributed by atoms with Gasteiger partial charge in [-0.25, -0.2) is 17.5 Å². The number of aryl methyl sites for hydroxylation is 2. The molecule has 2 aromatic heterocycles. The molecule has 3 heterocycles. The van der Waals surface area contributed by atoms with Gasteiger partial charge in [0.1, 0.15) is 5.82 Å². The summed E-state index contributed by atoms with van der Waals surface area (Å²) >= 11 is 0. The number of hydrogen-bond acceptors (Lipinski definition) is 6. The molecule has 182 valence electrons. The number of rotatable bonds is 6. The molecule has 2 aromatic carbocycles. The van der Waals surface area contributed by atoms with E-state index in [1.165, 1.54) is 27.4 Å². The molecule has 0 bridgehead atoms. The number of halogens is 1. The molecule has 0 unspecified atom stereocenters. The molecule has 4 aromatic rings. The van der Waals surface area contributed by atoms with E-state index in [0.29, 0.717) is 19.5 Å². The first-order valence-corrected chi connectivity index (χ1v) is 12.9. The zero-order valence-corrected chi connectivity index (χ0v) is 20.2. The molecule has 1 saturated carbocycles. The summed E-state index contributed by atoms with van der Waals surface area (Å²) in [7, 11) is -2.16. The fourth-order valence-electron chi connectivity index (χ4n) is 5.77. The lowest BCUT2D eigenvalue weighted by molar-refractivity contribution is 0.225. The van der Waals surface area contributed by atoms with Crippen LogP contribution in [0.5, 0.6) is 0 Å². The predicted octanol–water partition coefficient (Wildman–Crippen LogP) is 2.07. The highest BCUT2D eigenvalue weighted by Gasteiger charge is 2.69. The second-order valence-electron chi connectivity index (χ2n) is 9.65. The zero-order valence-electron chi connectivity index (χ0n) is 19.3. The van der Waals surface area contributed by atoms with E-state index in [0.717, 1.165) is 27.7 Å². The highest BCUT2D eigenvalue weighted by atomic mass is 32.2. The topological polar surface area (TPSA) is 106 Å². The molecule has 11 heteroatoms. The Bertz CT molecular complexity index is 1550. The van der Waals surface area contributed by atoms with Crippen LogP contribution >= 0.6 is 0 Å². The van der Waals surface area contributed by atoms with E-state index < -0.39 is 10.0 Å². The maximum atomic E-state index is 13.4. The maximum Gasteiger partial charge on any atom is 0.264 e. The van der Waals surface area contributed by atoms with Crippen LogP contribution in [0, 0.1) is 30.0 Å². The van der Waals surface area contributed by atoms with Gasteiger partial charge < -0.3 is 5.11 Å². The van der Waals surface area contributed by atoms with Gasteiger partial charge in [0.2, 0.25) is 5.03 Å². The highest BCUT2D eigenvalue weighted by molar-refractivity contribution is 7.89. The van der Waals surface area contributed by atoms with E-state index in [4.69, 9.17) is 0 Å². The van der Waals surface area contributed by atoms with Gasteiger partial charge in [-0.1, -0.05) is 0 Å². The van der Waals surface area contributed by atoms with Crippen LogP contribution in [-0.2, 0) is 23.5 Å². The Labute approximate surface area is 201 Å². The lowest BCUT2D eigenvalue weighted by Gasteiger charge is -2.23. The smallest absolute Gasteiger partial charge is 0.264 e. The Morgan fingerprint density at radius 2 is 1.94 bits per heavy atom. The molecule has 1 aliphatic heterocycles. The summed E-state index contributed by atoms with van der Waals surface area (Å²) in [6, 6.07) is 10.4. The van der Waals surface area contributed by atoms with E-state index in [1.807, 2.05) is 6.92 Å². The van der Waals surface area contributed by atoms with Crippen LogP contribution < -0.4 is 0 Å². The van der Waals surface area contributed by atoms with Gasteiger partial charge in [0.25, 0.3) is 10.0 Å². The van der Waals surface area contributed by atoms with Gasteiger partial charge in [-0.2, -0.15) is 19.3 Å². The molecule has 0 radical (unpaired) electrons. The van der Waals surface area contributed by atoms with Gasteiger partial charge in [-0.05, 0) is 78.1 Å². The summed E-state index contributed by atoms with van der Waals surface area (Å²) in [5.74, 6) is -0.142. The first-order chi connectivity index (χ1) is 16.7. The quantitative estimate of drug-likeness (QED) is 0.438. The van der Waals surface area contributed by atoms with Gasteiger partial charge in [-0.15, -0.1) is 5.10 Å². The van der Waals surface area contributed by atoms with Crippen molar-refractivity contribution in [3.05, 3.63) is 65.7 Å². The monoisotopic (exact) mass is 496 g/mol. The first-order valence-electron chi connectivity index (χ1n) is 11.4. The van der Waals surface area contributed by atoms with Gasteiger partial charge >= 0.3 is 0 Å². The summed E-state index contributed by atoms with van der Waals surface area (Å²) in [5.41, 5.74) is 3.55. The van der Waals surface area contributed by atoms with E-state index in [-0.39, 0.29) is 34.7 Å². The van der Waals surface area contributed by atoms with Crippen molar-refractivity contribution >= 4 is 20.9 Å². The van der Waals surface area contributed by atoms with Crippen molar-refractivity contribution in [2.45, 2.75) is 18.4 Å². The zero-order chi connectivity index (χ0) is 24.5. The Morgan fingerprint density at radius 3 is 2.63 bits per heavy atom. The molecular weight excluding hydrogens is 471 g/mol. The average molecular weight is 497 g/mol. The molecule has 0 amide bonds. The molecule has 2 aliphatic rings. The number of aliphatic hydroxyl groups is 1. The largest absolute Gasteiger partial charge is 0.396 e. The Kier molecular flexibility index (Phi) is 4.89. The number of aliphatic hydroxyl groups excluding tert-OH is 1. The number of aromatic nitrogens is 5. The number of benzene rings is 2. The number of piperidine rings is 1. The molecule has 6 rings (SSSR count). The van der Waals surface area contributed by atoms with Crippen LogP contribution in [0.15, 0.2) is 53.8 Å². The van der Waals surface area contributed by atoms with Crippen LogP contribution in [0.2, 0.25) is 0 Å². The third kappa shape index (κ3) is 3.40. The Balaban J connectivity index is 1.30. The molecule has 1 saturated heterocycles. The van der Waals surface area contributed by atoms with E-state index >= 15 is 0 Å². The number of sulfonamides is 1. The van der Waals surface area contributed by atoms with Crippen LogP contribution in [-0.4, -0.2) is 62.3 Å². The second-order valence-corrected chi connectivity index (χ2v) is 11.5. The van der Waals surface area contributed by atoms with Crippen LogP contribution in [0.1, 0.15) is 11.1 Å². The highest BCUT2D eigenvalue weighted by Crippen LogP contribution is 2.65. The summed E-state index contributed by atoms with van der Waals surface area (Å²) in [5, 5.41) is 23.3. The summed E-state index contributed by atoms with van der Waals surface area (Å²) < 4.78 is 42.9. The van der Waals surface area contributed by atoms with Crippen molar-refractivity contribution in [3.63, 3.8) is 0 Å².